The average Bonchev–Trinajstić information content (AvgIpc) is 1.67. The number of carbonyl (C=O) groups is 1. The fraction of sp³-hybridized carbons (Fsp3) is 0.600. The smallest absolute Gasteiger partial charge is 0.230 e. The highest BCUT2D eigenvalue weighted by Crippen LogP contribution is 1.91. The van der Waals surface area contributed by atoms with Gasteiger partial charge in [0.05, 0.1) is 21.0 Å². The average molecular weight is 113 g/mol. The van der Waals surface area contributed by atoms with E-state index in [0.29, 0.717) is 0 Å². The van der Waals surface area contributed by atoms with Gasteiger partial charge in [-0.25, -0.2) is 4.79 Å². The number of amides is 1. The van der Waals surface area contributed by atoms with E-state index in [2.05, 4.69) is 0 Å². The zero-order valence-corrected chi connectivity index (χ0v) is 5.30. The van der Waals surface area contributed by atoms with Gasteiger partial charge in [-0.1, -0.05) is 0 Å². The predicted octanol–water partition coefficient (Wildman–Crippen LogP) is 0.0904. The first-order chi connectivity index (χ1) is 3.50. The second-order valence-corrected chi connectivity index (χ2v) is 2.07. The molecule has 8 heavy (non-hydrogen) atoms. The summed E-state index contributed by atoms with van der Waals surface area (Å²) in [6.07, 6.45) is 1.83. The fourth-order valence-electron chi connectivity index (χ4n) is 0.0704. The Morgan fingerprint density at radius 2 is 2.00 bits per heavy atom. The van der Waals surface area contributed by atoms with Crippen LogP contribution >= 0.6 is 0 Å². The molecule has 0 bridgehead atoms. The molecule has 0 aliphatic heterocycles. The minimum absolute atomic E-state index is 0.146. The molecule has 0 fully saturated rings. The Morgan fingerprint density at radius 1 is 1.62 bits per heavy atom. The van der Waals surface area contributed by atoms with E-state index in [-0.39, 0.29) is 10.4 Å². The summed E-state index contributed by atoms with van der Waals surface area (Å²) >= 11 is 0. The summed E-state index contributed by atoms with van der Waals surface area (Å²) in [5, 5.41) is 8.27. The van der Waals surface area contributed by atoms with Crippen LogP contribution in [0.15, 0.2) is 0 Å². The van der Waals surface area contributed by atoms with Crippen LogP contribution in [0.4, 0.5) is 0 Å². The van der Waals surface area contributed by atoms with E-state index in [1.54, 1.807) is 14.1 Å². The molecule has 0 aromatic rings. The van der Waals surface area contributed by atoms with Crippen LogP contribution in [0.3, 0.4) is 0 Å². The highest BCUT2D eigenvalue weighted by molar-refractivity contribution is 5.66. The number of nitriles is 1. The van der Waals surface area contributed by atoms with Crippen LogP contribution in [0.25, 0.3) is 0 Å². The molecule has 0 aromatic carbocycles. The molecule has 0 heterocycles. The Kier molecular flexibility index (Phi) is 1.72. The summed E-state index contributed by atoms with van der Waals surface area (Å²) in [7, 11) is 3.09. The van der Waals surface area contributed by atoms with Crippen molar-refractivity contribution in [2.75, 3.05) is 14.1 Å². The number of quaternary nitrogens is 1. The van der Waals surface area contributed by atoms with Crippen LogP contribution < -0.4 is 0 Å². The molecular weight excluding hydrogens is 104 g/mol. The van der Waals surface area contributed by atoms with Crippen molar-refractivity contribution in [1.29, 1.82) is 5.26 Å². The molecule has 1 amide bonds. The molecule has 0 saturated heterocycles. The van der Waals surface area contributed by atoms with Gasteiger partial charge in [0.25, 0.3) is 0 Å². The van der Waals surface area contributed by atoms with E-state index in [0.717, 1.165) is 0 Å². The minimum Gasteiger partial charge on any atom is -0.230 e. The third-order valence-corrected chi connectivity index (χ3v) is 1.04. The van der Waals surface area contributed by atoms with E-state index in [1.165, 1.54) is 6.92 Å². The number of rotatable bonds is 0. The second-order valence-electron chi connectivity index (χ2n) is 2.07. The van der Waals surface area contributed by atoms with Crippen LogP contribution in [-0.4, -0.2) is 24.5 Å². The van der Waals surface area contributed by atoms with Gasteiger partial charge < -0.3 is 0 Å². The summed E-state index contributed by atoms with van der Waals surface area (Å²) in [4.78, 5) is 10.4. The van der Waals surface area contributed by atoms with Gasteiger partial charge in [0.15, 0.2) is 0 Å². The van der Waals surface area contributed by atoms with Crippen LogP contribution in [0.5, 0.6) is 0 Å². The molecule has 3 heteroatoms. The Hall–Kier alpha value is -0.880. The molecule has 44 valence electrons. The second kappa shape index (κ2) is 1.93. The Labute approximate surface area is 48.7 Å². The lowest BCUT2D eigenvalue weighted by Crippen LogP contribution is -2.38. The van der Waals surface area contributed by atoms with Gasteiger partial charge in [0.2, 0.25) is 0 Å². The molecule has 0 aliphatic carbocycles. The van der Waals surface area contributed by atoms with Crippen molar-refractivity contribution in [2.45, 2.75) is 6.92 Å². The molecule has 0 aliphatic rings. The van der Waals surface area contributed by atoms with E-state index in [4.69, 9.17) is 5.26 Å². The Morgan fingerprint density at radius 3 is 2.00 bits per heavy atom. The fourth-order valence-corrected chi connectivity index (χ4v) is 0.0704. The van der Waals surface area contributed by atoms with E-state index in [9.17, 15) is 4.79 Å². The van der Waals surface area contributed by atoms with E-state index >= 15 is 0 Å². The largest absolute Gasteiger partial charge is 0.324 e. The summed E-state index contributed by atoms with van der Waals surface area (Å²) in [5.74, 6) is -0.146. The van der Waals surface area contributed by atoms with Crippen molar-refractivity contribution in [3.8, 4) is 6.19 Å². The van der Waals surface area contributed by atoms with Gasteiger partial charge in [0, 0.05) is 0 Å². The van der Waals surface area contributed by atoms with Crippen LogP contribution in [0, 0.1) is 11.5 Å². The summed E-state index contributed by atoms with van der Waals surface area (Å²) in [6, 6.07) is 0. The van der Waals surface area contributed by atoms with Crippen LogP contribution in [-0.2, 0) is 4.79 Å². The van der Waals surface area contributed by atoms with E-state index < -0.39 is 0 Å². The molecular formula is C5H9N2O+. The van der Waals surface area contributed by atoms with Crippen molar-refractivity contribution in [1.82, 2.24) is 0 Å². The van der Waals surface area contributed by atoms with Crippen LogP contribution in [0.1, 0.15) is 6.92 Å². The first-order valence-corrected chi connectivity index (χ1v) is 2.27. The van der Waals surface area contributed by atoms with Crippen LogP contribution in [0.2, 0.25) is 0 Å². The normalized spacial score (nSPS) is 10.2. The highest BCUT2D eigenvalue weighted by atomic mass is 16.2. The first kappa shape index (κ1) is 7.12. The van der Waals surface area contributed by atoms with Crippen molar-refractivity contribution < 1.29 is 9.28 Å². The van der Waals surface area contributed by atoms with Gasteiger partial charge in [0.1, 0.15) is 0 Å². The third-order valence-electron chi connectivity index (χ3n) is 1.04. The summed E-state index contributed by atoms with van der Waals surface area (Å²) in [5.41, 5.74) is 0. The van der Waals surface area contributed by atoms with Crippen molar-refractivity contribution in [3.63, 3.8) is 0 Å². The monoisotopic (exact) mass is 113 g/mol. The molecule has 0 atom stereocenters. The van der Waals surface area contributed by atoms with Gasteiger partial charge in [-0.3, -0.25) is 0 Å². The van der Waals surface area contributed by atoms with Crippen molar-refractivity contribution in [2.24, 2.45) is 0 Å². The number of carbonyl (C=O) groups excluding carboxylic acids is 1. The first-order valence-electron chi connectivity index (χ1n) is 2.27. The maximum Gasteiger partial charge on any atom is 0.324 e. The highest BCUT2D eigenvalue weighted by Gasteiger charge is 2.20. The maximum atomic E-state index is 10.4. The van der Waals surface area contributed by atoms with E-state index in [1.807, 2.05) is 6.19 Å². The van der Waals surface area contributed by atoms with Crippen molar-refractivity contribution in [3.05, 3.63) is 0 Å². The molecule has 0 unspecified atom stereocenters. The number of hydrogen-bond donors (Lipinski definition) is 0. The molecule has 0 saturated carbocycles. The molecule has 3 nitrogen and oxygen atoms in total. The van der Waals surface area contributed by atoms with Gasteiger partial charge in [-0.15, -0.1) is 5.26 Å². The minimum atomic E-state index is -0.208. The SMILES string of the molecule is CC(=O)[N+](C)(C)C#N. The third kappa shape index (κ3) is 1.32. The zero-order valence-electron chi connectivity index (χ0n) is 5.30. The van der Waals surface area contributed by atoms with Crippen molar-refractivity contribution >= 4 is 5.91 Å². The van der Waals surface area contributed by atoms with Gasteiger partial charge in [-0.05, 0) is 0 Å². The molecule has 0 aromatic heterocycles. The number of nitrogens with zero attached hydrogens (tertiary/aromatic N) is 2. The van der Waals surface area contributed by atoms with Gasteiger partial charge >= 0.3 is 12.1 Å². The topological polar surface area (TPSA) is 40.9 Å². The lowest BCUT2D eigenvalue weighted by Gasteiger charge is -2.11. The zero-order chi connectivity index (χ0) is 6.78. The summed E-state index contributed by atoms with van der Waals surface area (Å²) in [6.45, 7) is 1.39. The lowest BCUT2D eigenvalue weighted by molar-refractivity contribution is -0.743. The summed E-state index contributed by atoms with van der Waals surface area (Å²) < 4.78 is -0.208. The molecule has 0 spiro atoms. The predicted molar refractivity (Wildman–Crippen MR) is 28.4 cm³/mol. The van der Waals surface area contributed by atoms with Gasteiger partial charge in [-0.2, -0.15) is 4.48 Å². The molecule has 0 radical (unpaired) electrons. The standard InChI is InChI=1S/C5H9N2O/c1-5(8)7(2,3)4-6/h1-3H3/q+1. The Balaban J connectivity index is 4.19. The molecule has 0 N–H and O–H groups in total. The quantitative estimate of drug-likeness (QED) is 0.330. The molecule has 0 rings (SSSR count). The number of hydrogen-bond acceptors (Lipinski definition) is 2. The maximum absolute atomic E-state index is 10.4. The lowest BCUT2D eigenvalue weighted by atomic mass is 10.5. The Bertz CT molecular complexity index is 143.